The zero-order chi connectivity index (χ0) is 11.7. The summed E-state index contributed by atoms with van der Waals surface area (Å²) >= 11 is 1.39. The van der Waals surface area contributed by atoms with Gasteiger partial charge in [0.05, 0.1) is 7.11 Å². The zero-order valence-corrected chi connectivity index (χ0v) is 10.0. The Kier molecular flexibility index (Phi) is 2.91. The van der Waals surface area contributed by atoms with Crippen molar-refractivity contribution >= 4 is 28.9 Å². The summed E-state index contributed by atoms with van der Waals surface area (Å²) in [7, 11) is 1.54. The van der Waals surface area contributed by atoms with Gasteiger partial charge in [-0.1, -0.05) is 11.8 Å². The van der Waals surface area contributed by atoms with Crippen LogP contribution in [0.2, 0.25) is 0 Å². The predicted octanol–water partition coefficient (Wildman–Crippen LogP) is 1.64. The van der Waals surface area contributed by atoms with Crippen LogP contribution in [0.15, 0.2) is 16.3 Å². The molecule has 16 heavy (non-hydrogen) atoms. The van der Waals surface area contributed by atoms with Crippen LogP contribution >= 0.6 is 11.8 Å². The van der Waals surface area contributed by atoms with Crippen LogP contribution in [-0.4, -0.2) is 33.8 Å². The number of carbonyl (C=O) groups is 1. The number of rotatable bonds is 2. The minimum absolute atomic E-state index is 0.0782. The number of aromatic nitrogens is 2. The van der Waals surface area contributed by atoms with Crippen LogP contribution in [0.25, 0.3) is 0 Å². The largest absolute Gasteiger partial charge is 0.479 e. The molecule has 0 bridgehead atoms. The van der Waals surface area contributed by atoms with Gasteiger partial charge < -0.3 is 4.74 Å². The summed E-state index contributed by atoms with van der Waals surface area (Å²) in [6.45, 7) is 3.38. The van der Waals surface area contributed by atoms with Crippen molar-refractivity contribution in [3.8, 4) is 5.88 Å². The van der Waals surface area contributed by atoms with Gasteiger partial charge in [0.2, 0.25) is 5.88 Å². The van der Waals surface area contributed by atoms with Crippen molar-refractivity contribution in [3.63, 3.8) is 0 Å². The summed E-state index contributed by atoms with van der Waals surface area (Å²) in [5, 5.41) is 0.449. The van der Waals surface area contributed by atoms with Crippen LogP contribution in [0.3, 0.4) is 0 Å². The average Bonchev–Trinajstić information content (AvgIpc) is 2.27. The molecule has 5 nitrogen and oxygen atoms in total. The molecule has 0 fully saturated rings. The van der Waals surface area contributed by atoms with Gasteiger partial charge in [-0.3, -0.25) is 4.79 Å². The molecule has 1 atom stereocenters. The third-order valence-electron chi connectivity index (χ3n) is 2.21. The monoisotopic (exact) mass is 237 g/mol. The highest BCUT2D eigenvalue weighted by Gasteiger charge is 2.27. The number of Topliss-reactive ketones (excluding diaryl/α,β-unsaturated/α-hetero) is 1. The van der Waals surface area contributed by atoms with Crippen LogP contribution in [-0.2, 0) is 4.79 Å². The highest BCUT2D eigenvalue weighted by atomic mass is 32.2. The fourth-order valence-corrected chi connectivity index (χ4v) is 2.45. The van der Waals surface area contributed by atoms with Crippen molar-refractivity contribution in [2.45, 2.75) is 24.1 Å². The number of carbonyl (C=O) groups excluding carboxylic acids is 1. The summed E-state index contributed by atoms with van der Waals surface area (Å²) in [5.41, 5.74) is 1.38. The molecule has 0 radical (unpaired) electrons. The molecule has 0 aliphatic carbocycles. The lowest BCUT2D eigenvalue weighted by Gasteiger charge is -2.19. The van der Waals surface area contributed by atoms with E-state index in [1.807, 2.05) is 6.92 Å². The average molecular weight is 237 g/mol. The molecular weight excluding hydrogens is 226 g/mol. The van der Waals surface area contributed by atoms with Crippen molar-refractivity contribution in [1.82, 2.24) is 9.97 Å². The SMILES string of the molecule is COc1ncnc2c1N=C(C)C(C(C)=O)S2. The Morgan fingerprint density at radius 2 is 2.25 bits per heavy atom. The van der Waals surface area contributed by atoms with E-state index >= 15 is 0 Å². The van der Waals surface area contributed by atoms with Gasteiger partial charge in [-0.15, -0.1) is 0 Å². The Labute approximate surface area is 97.3 Å². The first-order valence-electron chi connectivity index (χ1n) is 4.74. The van der Waals surface area contributed by atoms with E-state index in [9.17, 15) is 4.79 Å². The lowest BCUT2D eigenvalue weighted by atomic mass is 10.2. The third kappa shape index (κ3) is 1.80. The summed E-state index contributed by atoms with van der Waals surface area (Å²) in [4.78, 5) is 23.8. The number of hydrogen-bond donors (Lipinski definition) is 0. The molecule has 1 aliphatic heterocycles. The molecule has 0 N–H and O–H groups in total. The molecule has 2 rings (SSSR count). The van der Waals surface area contributed by atoms with E-state index in [1.165, 1.54) is 25.2 Å². The first-order chi connectivity index (χ1) is 7.63. The second-order valence-electron chi connectivity index (χ2n) is 3.40. The Morgan fingerprint density at radius 1 is 1.50 bits per heavy atom. The van der Waals surface area contributed by atoms with Gasteiger partial charge in [0, 0.05) is 5.71 Å². The second kappa shape index (κ2) is 4.21. The predicted molar refractivity (Wildman–Crippen MR) is 61.7 cm³/mol. The fourth-order valence-electron chi connectivity index (χ4n) is 1.49. The molecule has 0 saturated carbocycles. The molecule has 0 amide bonds. The maximum Gasteiger partial charge on any atom is 0.244 e. The molecule has 0 spiro atoms. The Bertz CT molecular complexity index is 473. The Hall–Kier alpha value is -1.43. The molecule has 0 saturated heterocycles. The number of nitrogens with zero attached hydrogens (tertiary/aromatic N) is 3. The number of ketones is 1. The van der Waals surface area contributed by atoms with E-state index in [0.717, 1.165) is 5.71 Å². The van der Waals surface area contributed by atoms with Gasteiger partial charge >= 0.3 is 0 Å². The standard InChI is InChI=1S/C10H11N3O2S/c1-5-8(6(2)14)16-10-7(13-5)9(15-3)11-4-12-10/h4,8H,1-3H3. The van der Waals surface area contributed by atoms with E-state index in [4.69, 9.17) is 4.74 Å². The molecule has 6 heteroatoms. The Balaban J connectivity index is 2.49. The normalized spacial score (nSPS) is 18.7. The van der Waals surface area contributed by atoms with Gasteiger partial charge in [0.25, 0.3) is 0 Å². The van der Waals surface area contributed by atoms with Crippen molar-refractivity contribution < 1.29 is 9.53 Å². The smallest absolute Gasteiger partial charge is 0.244 e. The minimum Gasteiger partial charge on any atom is -0.479 e. The first kappa shape index (κ1) is 11.1. The van der Waals surface area contributed by atoms with Gasteiger partial charge in [-0.2, -0.15) is 4.98 Å². The molecule has 2 heterocycles. The number of hydrogen-bond acceptors (Lipinski definition) is 6. The van der Waals surface area contributed by atoms with E-state index in [0.29, 0.717) is 16.6 Å². The van der Waals surface area contributed by atoms with Crippen molar-refractivity contribution in [2.75, 3.05) is 7.11 Å². The van der Waals surface area contributed by atoms with E-state index in [2.05, 4.69) is 15.0 Å². The van der Waals surface area contributed by atoms with E-state index < -0.39 is 0 Å². The van der Waals surface area contributed by atoms with Gasteiger partial charge in [-0.05, 0) is 13.8 Å². The van der Waals surface area contributed by atoms with Crippen LogP contribution in [0, 0.1) is 0 Å². The maximum atomic E-state index is 11.4. The second-order valence-corrected chi connectivity index (χ2v) is 4.49. The number of methoxy groups -OCH3 is 1. The highest BCUT2D eigenvalue weighted by molar-refractivity contribution is 8.01. The molecule has 84 valence electrons. The summed E-state index contributed by atoms with van der Waals surface area (Å²) in [5.74, 6) is 0.522. The Morgan fingerprint density at radius 3 is 2.88 bits per heavy atom. The van der Waals surface area contributed by atoms with Gasteiger partial charge in [0.15, 0.2) is 5.69 Å². The van der Waals surface area contributed by atoms with Crippen molar-refractivity contribution in [2.24, 2.45) is 4.99 Å². The number of fused-ring (bicyclic) bond motifs is 1. The van der Waals surface area contributed by atoms with Crippen molar-refractivity contribution in [1.29, 1.82) is 0 Å². The third-order valence-corrected chi connectivity index (χ3v) is 3.65. The number of thioether (sulfide) groups is 1. The van der Waals surface area contributed by atoms with E-state index in [1.54, 1.807) is 6.92 Å². The minimum atomic E-state index is -0.243. The molecular formula is C10H11N3O2S. The highest BCUT2D eigenvalue weighted by Crippen LogP contribution is 2.40. The summed E-state index contributed by atoms with van der Waals surface area (Å²) < 4.78 is 5.10. The van der Waals surface area contributed by atoms with Gasteiger partial charge in [0.1, 0.15) is 22.4 Å². The molecule has 1 aromatic rings. The van der Waals surface area contributed by atoms with Crippen molar-refractivity contribution in [3.05, 3.63) is 6.33 Å². The summed E-state index contributed by atoms with van der Waals surface area (Å²) in [6, 6.07) is 0. The molecule has 1 aromatic heterocycles. The topological polar surface area (TPSA) is 64.4 Å². The number of aliphatic imine (C=N–C) groups is 1. The van der Waals surface area contributed by atoms with E-state index in [-0.39, 0.29) is 11.0 Å². The van der Waals surface area contributed by atoms with Crippen LogP contribution in [0.5, 0.6) is 5.88 Å². The lowest BCUT2D eigenvalue weighted by molar-refractivity contribution is -0.115. The van der Waals surface area contributed by atoms with Crippen LogP contribution in [0.1, 0.15) is 13.8 Å². The molecule has 1 unspecified atom stereocenters. The lowest BCUT2D eigenvalue weighted by Crippen LogP contribution is -2.24. The fraction of sp³-hybridized carbons (Fsp3) is 0.400. The quantitative estimate of drug-likeness (QED) is 0.732. The van der Waals surface area contributed by atoms with Crippen LogP contribution in [0.4, 0.5) is 5.69 Å². The maximum absolute atomic E-state index is 11.4. The van der Waals surface area contributed by atoms with Gasteiger partial charge in [-0.25, -0.2) is 9.98 Å². The number of ether oxygens (including phenoxy) is 1. The zero-order valence-electron chi connectivity index (χ0n) is 9.22. The first-order valence-corrected chi connectivity index (χ1v) is 5.62. The molecule has 0 aromatic carbocycles. The summed E-state index contributed by atoms with van der Waals surface area (Å²) in [6.07, 6.45) is 1.41. The molecule has 1 aliphatic rings. The van der Waals surface area contributed by atoms with Crippen LogP contribution < -0.4 is 4.74 Å².